The van der Waals surface area contributed by atoms with Gasteiger partial charge in [0.05, 0.1) is 23.1 Å². The number of rotatable bonds is 6. The van der Waals surface area contributed by atoms with Crippen molar-refractivity contribution in [2.24, 2.45) is 0 Å². The van der Waals surface area contributed by atoms with Crippen LogP contribution in [0.1, 0.15) is 26.3 Å². The van der Waals surface area contributed by atoms with E-state index < -0.39 is 21.8 Å². The van der Waals surface area contributed by atoms with Gasteiger partial charge in [0.2, 0.25) is 10.0 Å². The van der Waals surface area contributed by atoms with Gasteiger partial charge in [-0.1, -0.05) is 12.1 Å². The maximum atomic E-state index is 12.4. The molecule has 0 aromatic heterocycles. The average molecular weight is 374 g/mol. The van der Waals surface area contributed by atoms with E-state index in [1.807, 2.05) is 0 Å². The summed E-state index contributed by atoms with van der Waals surface area (Å²) in [6.45, 7) is 1.64. The molecule has 1 heterocycles. The van der Waals surface area contributed by atoms with Crippen LogP contribution in [0.5, 0.6) is 5.75 Å². The normalized spacial score (nSPS) is 13.8. The highest BCUT2D eigenvalue weighted by Crippen LogP contribution is 2.23. The van der Waals surface area contributed by atoms with Crippen molar-refractivity contribution < 1.29 is 22.7 Å². The second-order valence-electron chi connectivity index (χ2n) is 5.84. The summed E-state index contributed by atoms with van der Waals surface area (Å²) in [7, 11) is -2.25. The zero-order chi connectivity index (χ0) is 18.9. The molecular weight excluding hydrogens is 356 g/mol. The van der Waals surface area contributed by atoms with E-state index in [-0.39, 0.29) is 18.0 Å². The molecule has 2 amide bonds. The number of methoxy groups -OCH3 is 1. The number of ether oxygens (including phenoxy) is 1. The Morgan fingerprint density at radius 3 is 2.19 bits per heavy atom. The molecule has 7 nitrogen and oxygen atoms in total. The van der Waals surface area contributed by atoms with Gasteiger partial charge in [-0.25, -0.2) is 13.1 Å². The molecule has 0 unspecified atom stereocenters. The Hall–Kier alpha value is -2.71. The monoisotopic (exact) mass is 374 g/mol. The number of carbonyl (C=O) groups excluding carboxylic acids is 2. The van der Waals surface area contributed by atoms with Crippen molar-refractivity contribution >= 4 is 21.8 Å². The summed E-state index contributed by atoms with van der Waals surface area (Å²) < 4.78 is 32.3. The van der Waals surface area contributed by atoms with Gasteiger partial charge in [0.15, 0.2) is 0 Å². The lowest BCUT2D eigenvalue weighted by atomic mass is 10.1. The molecule has 2 aromatic rings. The third kappa shape index (κ3) is 3.21. The third-order valence-corrected chi connectivity index (χ3v) is 5.64. The summed E-state index contributed by atoms with van der Waals surface area (Å²) in [5, 5.41) is 0. The molecule has 8 heteroatoms. The van der Waals surface area contributed by atoms with Gasteiger partial charge in [0.1, 0.15) is 5.75 Å². The summed E-state index contributed by atoms with van der Waals surface area (Å²) in [6.07, 6.45) is 0. The van der Waals surface area contributed by atoms with Gasteiger partial charge >= 0.3 is 0 Å². The van der Waals surface area contributed by atoms with E-state index in [1.165, 1.54) is 19.2 Å². The van der Waals surface area contributed by atoms with Crippen LogP contribution in [-0.2, 0) is 10.0 Å². The Balaban J connectivity index is 1.67. The molecule has 0 saturated heterocycles. The number of carbonyl (C=O) groups is 2. The van der Waals surface area contributed by atoms with Crippen LogP contribution in [0.2, 0.25) is 0 Å². The average Bonchev–Trinajstić information content (AvgIpc) is 2.87. The number of fused-ring (bicyclic) bond motifs is 1. The second-order valence-corrected chi connectivity index (χ2v) is 7.60. The molecule has 1 aliphatic rings. The van der Waals surface area contributed by atoms with E-state index in [2.05, 4.69) is 4.72 Å². The van der Waals surface area contributed by atoms with Crippen molar-refractivity contribution in [3.8, 4) is 5.75 Å². The largest absolute Gasteiger partial charge is 0.496 e. The molecule has 2 aromatic carbocycles. The van der Waals surface area contributed by atoms with Crippen LogP contribution < -0.4 is 9.46 Å². The molecule has 0 saturated carbocycles. The smallest absolute Gasteiger partial charge is 0.261 e. The standard InChI is InChI=1S/C18H18N2O5S/c1-12-11-13(7-8-16(12)25-2)26(23,24)19-9-10-20-17(21)14-5-3-4-6-15(14)18(20)22/h3-8,11,19H,9-10H2,1-2H3. The number of amides is 2. The van der Waals surface area contributed by atoms with Gasteiger partial charge in [0, 0.05) is 13.1 Å². The fourth-order valence-corrected chi connectivity index (χ4v) is 3.94. The van der Waals surface area contributed by atoms with Gasteiger partial charge in [0.25, 0.3) is 11.8 Å². The molecule has 1 aliphatic heterocycles. The van der Waals surface area contributed by atoms with Crippen LogP contribution in [0.3, 0.4) is 0 Å². The van der Waals surface area contributed by atoms with Gasteiger partial charge in [-0.2, -0.15) is 0 Å². The second kappa shape index (κ2) is 6.89. The fourth-order valence-electron chi connectivity index (χ4n) is 2.84. The lowest BCUT2D eigenvalue weighted by molar-refractivity contribution is 0.0657. The minimum Gasteiger partial charge on any atom is -0.496 e. The van der Waals surface area contributed by atoms with Crippen LogP contribution in [0.4, 0.5) is 0 Å². The van der Waals surface area contributed by atoms with E-state index in [4.69, 9.17) is 4.74 Å². The Labute approximate surface area is 151 Å². The summed E-state index contributed by atoms with van der Waals surface area (Å²) in [6, 6.07) is 11.1. The molecule has 136 valence electrons. The summed E-state index contributed by atoms with van der Waals surface area (Å²) in [5.74, 6) is -0.231. The van der Waals surface area contributed by atoms with Crippen LogP contribution in [0.15, 0.2) is 47.4 Å². The predicted molar refractivity (Wildman–Crippen MR) is 94.7 cm³/mol. The quantitative estimate of drug-likeness (QED) is 0.775. The van der Waals surface area contributed by atoms with Crippen molar-refractivity contribution in [1.82, 2.24) is 9.62 Å². The van der Waals surface area contributed by atoms with Crippen molar-refractivity contribution in [3.05, 3.63) is 59.2 Å². The highest BCUT2D eigenvalue weighted by molar-refractivity contribution is 7.89. The predicted octanol–water partition coefficient (Wildman–Crippen LogP) is 1.58. The van der Waals surface area contributed by atoms with Crippen molar-refractivity contribution in [2.45, 2.75) is 11.8 Å². The van der Waals surface area contributed by atoms with E-state index >= 15 is 0 Å². The molecule has 0 fully saturated rings. The number of aryl methyl sites for hydroxylation is 1. The number of hydrogen-bond donors (Lipinski definition) is 1. The Morgan fingerprint density at radius 1 is 1.04 bits per heavy atom. The molecule has 3 rings (SSSR count). The number of hydrogen-bond acceptors (Lipinski definition) is 5. The summed E-state index contributed by atoms with van der Waals surface area (Å²) >= 11 is 0. The Kier molecular flexibility index (Phi) is 4.80. The minimum atomic E-state index is -3.76. The molecule has 0 aliphatic carbocycles. The third-order valence-electron chi connectivity index (χ3n) is 4.18. The first-order valence-corrected chi connectivity index (χ1v) is 9.43. The number of sulfonamides is 1. The number of nitrogens with zero attached hydrogens (tertiary/aromatic N) is 1. The first-order chi connectivity index (χ1) is 12.3. The van der Waals surface area contributed by atoms with E-state index in [9.17, 15) is 18.0 Å². The molecular formula is C18H18N2O5S. The van der Waals surface area contributed by atoms with Crippen LogP contribution in [0.25, 0.3) is 0 Å². The molecule has 26 heavy (non-hydrogen) atoms. The van der Waals surface area contributed by atoms with Gasteiger partial charge in [-0.15, -0.1) is 0 Å². The van der Waals surface area contributed by atoms with Gasteiger partial charge in [-0.3, -0.25) is 14.5 Å². The maximum Gasteiger partial charge on any atom is 0.261 e. The van der Waals surface area contributed by atoms with Gasteiger partial charge < -0.3 is 4.74 Å². The number of nitrogens with one attached hydrogen (secondary N) is 1. The van der Waals surface area contributed by atoms with Gasteiger partial charge in [-0.05, 0) is 42.8 Å². The lowest BCUT2D eigenvalue weighted by Gasteiger charge is -2.15. The molecule has 0 bridgehead atoms. The van der Waals surface area contributed by atoms with E-state index in [0.29, 0.717) is 22.4 Å². The van der Waals surface area contributed by atoms with Crippen molar-refractivity contribution in [2.75, 3.05) is 20.2 Å². The first-order valence-electron chi connectivity index (χ1n) is 7.94. The highest BCUT2D eigenvalue weighted by atomic mass is 32.2. The van der Waals surface area contributed by atoms with Crippen LogP contribution >= 0.6 is 0 Å². The zero-order valence-electron chi connectivity index (χ0n) is 14.4. The topological polar surface area (TPSA) is 92.8 Å². The fraction of sp³-hybridized carbons (Fsp3) is 0.222. The van der Waals surface area contributed by atoms with Crippen molar-refractivity contribution in [1.29, 1.82) is 0 Å². The first kappa shape index (κ1) is 18.1. The van der Waals surface area contributed by atoms with Crippen LogP contribution in [0, 0.1) is 6.92 Å². The maximum absolute atomic E-state index is 12.4. The number of benzene rings is 2. The zero-order valence-corrected chi connectivity index (χ0v) is 15.2. The molecule has 0 spiro atoms. The van der Waals surface area contributed by atoms with E-state index in [1.54, 1.807) is 37.3 Å². The number of imide groups is 1. The lowest BCUT2D eigenvalue weighted by Crippen LogP contribution is -2.38. The Bertz CT molecular complexity index is 950. The molecule has 1 N–H and O–H groups in total. The molecule has 0 atom stereocenters. The van der Waals surface area contributed by atoms with Crippen LogP contribution in [-0.4, -0.2) is 45.3 Å². The SMILES string of the molecule is COc1ccc(S(=O)(=O)NCCN2C(=O)c3ccccc3C2=O)cc1C. The summed E-state index contributed by atoms with van der Waals surface area (Å²) in [5.41, 5.74) is 1.37. The highest BCUT2D eigenvalue weighted by Gasteiger charge is 2.34. The molecule has 0 radical (unpaired) electrons. The minimum absolute atomic E-state index is 0.0410. The van der Waals surface area contributed by atoms with E-state index in [0.717, 1.165) is 4.90 Å². The van der Waals surface area contributed by atoms with Crippen molar-refractivity contribution in [3.63, 3.8) is 0 Å². The summed E-state index contributed by atoms with van der Waals surface area (Å²) in [4.78, 5) is 25.7. The Morgan fingerprint density at radius 2 is 1.65 bits per heavy atom.